The fourth-order valence-corrected chi connectivity index (χ4v) is 2.99. The van der Waals surface area contributed by atoms with Crippen LogP contribution in [0.25, 0.3) is 11.1 Å². The number of carbonyl (C=O) groups is 1. The fourth-order valence-electron chi connectivity index (χ4n) is 2.99. The van der Waals surface area contributed by atoms with Gasteiger partial charge in [-0.05, 0) is 74.2 Å². The molecule has 1 aromatic carbocycles. The molecular weight excluding hydrogens is 286 g/mol. The van der Waals surface area contributed by atoms with Crippen LogP contribution >= 0.6 is 0 Å². The molecule has 4 nitrogen and oxygen atoms in total. The zero-order chi connectivity index (χ0) is 16.1. The summed E-state index contributed by atoms with van der Waals surface area (Å²) in [6, 6.07) is 11.8. The first-order valence-corrected chi connectivity index (χ1v) is 8.24. The molecule has 1 amide bonds. The SMILES string of the molecule is Cc1cc(-c2cccc(C(=O)NCC3CCNCC3)c2)ccn1. The van der Waals surface area contributed by atoms with Crippen molar-refractivity contribution in [2.45, 2.75) is 19.8 Å². The average molecular weight is 309 g/mol. The molecule has 23 heavy (non-hydrogen) atoms. The maximum absolute atomic E-state index is 12.4. The second-order valence-electron chi connectivity index (χ2n) is 6.17. The summed E-state index contributed by atoms with van der Waals surface area (Å²) < 4.78 is 0. The van der Waals surface area contributed by atoms with Crippen molar-refractivity contribution in [2.24, 2.45) is 5.92 Å². The summed E-state index contributed by atoms with van der Waals surface area (Å²) >= 11 is 0. The molecule has 3 rings (SSSR count). The van der Waals surface area contributed by atoms with Gasteiger partial charge in [0.25, 0.3) is 5.91 Å². The lowest BCUT2D eigenvalue weighted by Crippen LogP contribution is -2.35. The summed E-state index contributed by atoms with van der Waals surface area (Å²) in [5.74, 6) is 0.599. The predicted molar refractivity (Wildman–Crippen MR) is 92.3 cm³/mol. The molecule has 0 aliphatic carbocycles. The molecule has 0 unspecified atom stereocenters. The number of nitrogens with zero attached hydrogens (tertiary/aromatic N) is 1. The van der Waals surface area contributed by atoms with Gasteiger partial charge in [-0.15, -0.1) is 0 Å². The van der Waals surface area contributed by atoms with Crippen LogP contribution in [0.3, 0.4) is 0 Å². The first kappa shape index (κ1) is 15.7. The zero-order valence-corrected chi connectivity index (χ0v) is 13.5. The lowest BCUT2D eigenvalue weighted by Gasteiger charge is -2.22. The standard InChI is InChI=1S/C19H23N3O/c1-14-11-17(7-10-21-14)16-3-2-4-18(12-16)19(23)22-13-15-5-8-20-9-6-15/h2-4,7,10-12,15,20H,5-6,8-9,13H2,1H3,(H,22,23). The lowest BCUT2D eigenvalue weighted by atomic mass is 9.98. The van der Waals surface area contributed by atoms with E-state index >= 15 is 0 Å². The quantitative estimate of drug-likeness (QED) is 0.913. The number of piperidine rings is 1. The molecular formula is C19H23N3O. The van der Waals surface area contributed by atoms with Crippen molar-refractivity contribution >= 4 is 5.91 Å². The Bertz CT molecular complexity index is 678. The van der Waals surface area contributed by atoms with E-state index in [1.807, 2.05) is 43.3 Å². The molecule has 4 heteroatoms. The van der Waals surface area contributed by atoms with Crippen LogP contribution in [0.2, 0.25) is 0 Å². The minimum absolute atomic E-state index is 0.0103. The van der Waals surface area contributed by atoms with Gasteiger partial charge >= 0.3 is 0 Å². The van der Waals surface area contributed by atoms with E-state index in [-0.39, 0.29) is 5.91 Å². The molecule has 120 valence electrons. The Hall–Kier alpha value is -2.20. The third-order valence-electron chi connectivity index (χ3n) is 4.36. The molecule has 1 aliphatic heterocycles. The van der Waals surface area contributed by atoms with Gasteiger partial charge in [-0.25, -0.2) is 0 Å². The number of carbonyl (C=O) groups excluding carboxylic acids is 1. The first-order valence-electron chi connectivity index (χ1n) is 8.24. The summed E-state index contributed by atoms with van der Waals surface area (Å²) in [7, 11) is 0. The molecule has 0 atom stereocenters. The molecule has 0 saturated carbocycles. The summed E-state index contributed by atoms with van der Waals surface area (Å²) in [5, 5.41) is 6.43. The van der Waals surface area contributed by atoms with Crippen LogP contribution < -0.4 is 10.6 Å². The summed E-state index contributed by atoms with van der Waals surface area (Å²) in [4.78, 5) is 16.6. The molecule has 1 saturated heterocycles. The maximum Gasteiger partial charge on any atom is 0.251 e. The molecule has 2 N–H and O–H groups in total. The Labute approximate surface area is 137 Å². The predicted octanol–water partition coefficient (Wildman–Crippen LogP) is 2.79. The lowest BCUT2D eigenvalue weighted by molar-refractivity contribution is 0.0944. The van der Waals surface area contributed by atoms with Crippen LogP contribution in [-0.2, 0) is 0 Å². The molecule has 1 aromatic heterocycles. The van der Waals surface area contributed by atoms with Crippen molar-refractivity contribution in [3.63, 3.8) is 0 Å². The minimum atomic E-state index is 0.0103. The monoisotopic (exact) mass is 309 g/mol. The van der Waals surface area contributed by atoms with Gasteiger partial charge in [-0.1, -0.05) is 12.1 Å². The van der Waals surface area contributed by atoms with Crippen LogP contribution in [0.15, 0.2) is 42.6 Å². The molecule has 0 radical (unpaired) electrons. The van der Waals surface area contributed by atoms with Gasteiger partial charge in [-0.2, -0.15) is 0 Å². The van der Waals surface area contributed by atoms with Crippen molar-refractivity contribution in [2.75, 3.05) is 19.6 Å². The Morgan fingerprint density at radius 1 is 1.22 bits per heavy atom. The fraction of sp³-hybridized carbons (Fsp3) is 0.368. The van der Waals surface area contributed by atoms with Gasteiger partial charge in [0.2, 0.25) is 0 Å². The number of aromatic nitrogens is 1. The number of hydrogen-bond donors (Lipinski definition) is 2. The molecule has 0 spiro atoms. The van der Waals surface area contributed by atoms with E-state index in [0.29, 0.717) is 11.5 Å². The van der Waals surface area contributed by atoms with Crippen molar-refractivity contribution in [1.82, 2.24) is 15.6 Å². The van der Waals surface area contributed by atoms with Crippen LogP contribution in [0, 0.1) is 12.8 Å². The van der Waals surface area contributed by atoms with Crippen LogP contribution in [0.5, 0.6) is 0 Å². The summed E-state index contributed by atoms with van der Waals surface area (Å²) in [5.41, 5.74) is 3.82. The second-order valence-corrected chi connectivity index (χ2v) is 6.17. The van der Waals surface area contributed by atoms with E-state index in [0.717, 1.165) is 49.3 Å². The highest BCUT2D eigenvalue weighted by molar-refractivity contribution is 5.95. The second kappa shape index (κ2) is 7.38. The Morgan fingerprint density at radius 3 is 2.78 bits per heavy atom. The first-order chi connectivity index (χ1) is 11.2. The molecule has 1 aliphatic rings. The highest BCUT2D eigenvalue weighted by Crippen LogP contribution is 2.20. The molecule has 0 bridgehead atoms. The molecule has 2 aromatic rings. The number of aryl methyl sites for hydroxylation is 1. The average Bonchev–Trinajstić information content (AvgIpc) is 2.61. The van der Waals surface area contributed by atoms with Gasteiger partial charge < -0.3 is 10.6 Å². The summed E-state index contributed by atoms with van der Waals surface area (Å²) in [6.07, 6.45) is 4.07. The van der Waals surface area contributed by atoms with E-state index < -0.39 is 0 Å². The van der Waals surface area contributed by atoms with Crippen molar-refractivity contribution in [1.29, 1.82) is 0 Å². The smallest absolute Gasteiger partial charge is 0.251 e. The van der Waals surface area contributed by atoms with Crippen molar-refractivity contribution in [3.05, 3.63) is 53.9 Å². The normalized spacial score (nSPS) is 15.3. The van der Waals surface area contributed by atoms with Gasteiger partial charge in [0.1, 0.15) is 0 Å². The zero-order valence-electron chi connectivity index (χ0n) is 13.5. The van der Waals surface area contributed by atoms with E-state index in [9.17, 15) is 4.79 Å². The highest BCUT2D eigenvalue weighted by Gasteiger charge is 2.14. The number of pyridine rings is 1. The largest absolute Gasteiger partial charge is 0.352 e. The van der Waals surface area contributed by atoms with Gasteiger partial charge in [0.15, 0.2) is 0 Å². The van der Waals surface area contributed by atoms with Gasteiger partial charge in [-0.3, -0.25) is 9.78 Å². The van der Waals surface area contributed by atoms with E-state index in [2.05, 4.69) is 15.6 Å². The number of amides is 1. The van der Waals surface area contributed by atoms with E-state index in [1.54, 1.807) is 6.20 Å². The Kier molecular flexibility index (Phi) is 5.03. The topological polar surface area (TPSA) is 54.0 Å². The maximum atomic E-state index is 12.4. The minimum Gasteiger partial charge on any atom is -0.352 e. The van der Waals surface area contributed by atoms with Crippen LogP contribution in [-0.4, -0.2) is 30.5 Å². The van der Waals surface area contributed by atoms with Crippen molar-refractivity contribution < 1.29 is 4.79 Å². The number of hydrogen-bond acceptors (Lipinski definition) is 3. The summed E-state index contributed by atoms with van der Waals surface area (Å²) in [6.45, 7) is 4.84. The highest BCUT2D eigenvalue weighted by atomic mass is 16.1. The number of benzene rings is 1. The van der Waals surface area contributed by atoms with Crippen molar-refractivity contribution in [3.8, 4) is 11.1 Å². The number of rotatable bonds is 4. The van der Waals surface area contributed by atoms with Gasteiger partial charge in [0.05, 0.1) is 0 Å². The Morgan fingerprint density at radius 2 is 2.00 bits per heavy atom. The van der Waals surface area contributed by atoms with E-state index in [4.69, 9.17) is 0 Å². The third-order valence-corrected chi connectivity index (χ3v) is 4.36. The van der Waals surface area contributed by atoms with Gasteiger partial charge in [0, 0.05) is 24.0 Å². The van der Waals surface area contributed by atoms with Crippen LogP contribution in [0.1, 0.15) is 28.9 Å². The van der Waals surface area contributed by atoms with E-state index in [1.165, 1.54) is 0 Å². The third kappa shape index (κ3) is 4.17. The number of nitrogens with one attached hydrogen (secondary N) is 2. The Balaban J connectivity index is 1.67. The molecule has 2 heterocycles. The van der Waals surface area contributed by atoms with Crippen LogP contribution in [0.4, 0.5) is 0 Å². The molecule has 1 fully saturated rings.